The Hall–Kier alpha value is -2.79. The molecule has 4 aromatic rings. The molecule has 0 aliphatic heterocycles. The third-order valence-corrected chi connectivity index (χ3v) is 8.51. The summed E-state index contributed by atoms with van der Waals surface area (Å²) in [6, 6.07) is 19.7. The van der Waals surface area contributed by atoms with Crippen LogP contribution in [-0.2, 0) is 16.3 Å². The summed E-state index contributed by atoms with van der Waals surface area (Å²) >= 11 is 7.33. The number of aromatic nitrogens is 1. The van der Waals surface area contributed by atoms with E-state index in [0.717, 1.165) is 16.0 Å². The molecule has 1 amide bonds. The number of aliphatic hydroxyl groups excluding tert-OH is 1. The number of thiazole rings is 1. The monoisotopic (exact) mass is 591 g/mol. The zero-order valence-electron chi connectivity index (χ0n) is 20.4. The SMILES string of the molecule is Cc1cnc(NC(=O)c2ccc(S(=O)(=O)c3ccc(CCNC[C@H](O)c4cccc(Cl)c4)cc3)cc2)s1.Cl. The first-order valence-corrected chi connectivity index (χ1v) is 14.2. The molecule has 0 unspecified atom stereocenters. The zero-order valence-corrected chi connectivity index (χ0v) is 23.6. The summed E-state index contributed by atoms with van der Waals surface area (Å²) in [5.74, 6) is -0.351. The number of halogens is 2. The van der Waals surface area contributed by atoms with Crippen LogP contribution < -0.4 is 10.6 Å². The van der Waals surface area contributed by atoms with E-state index in [2.05, 4.69) is 15.6 Å². The number of carbonyl (C=O) groups is 1. The average molecular weight is 593 g/mol. The average Bonchev–Trinajstić information content (AvgIpc) is 3.31. The normalized spacial score (nSPS) is 12.0. The second-order valence-electron chi connectivity index (χ2n) is 8.43. The molecule has 7 nitrogen and oxygen atoms in total. The third-order valence-electron chi connectivity index (χ3n) is 5.66. The summed E-state index contributed by atoms with van der Waals surface area (Å²) in [6.07, 6.45) is 1.68. The van der Waals surface area contributed by atoms with Crippen molar-refractivity contribution in [3.63, 3.8) is 0 Å². The second-order valence-corrected chi connectivity index (χ2v) is 12.0. The fourth-order valence-electron chi connectivity index (χ4n) is 3.64. The van der Waals surface area contributed by atoms with Gasteiger partial charge >= 0.3 is 0 Å². The van der Waals surface area contributed by atoms with E-state index in [-0.39, 0.29) is 28.1 Å². The summed E-state index contributed by atoms with van der Waals surface area (Å²) in [6.45, 7) is 2.89. The fraction of sp³-hybridized carbons (Fsp3) is 0.185. The molecule has 0 radical (unpaired) electrons. The number of rotatable bonds is 10. The van der Waals surface area contributed by atoms with Crippen LogP contribution in [0.4, 0.5) is 5.13 Å². The first-order valence-electron chi connectivity index (χ1n) is 11.5. The van der Waals surface area contributed by atoms with Crippen molar-refractivity contribution in [3.8, 4) is 0 Å². The number of hydrogen-bond donors (Lipinski definition) is 3. The summed E-state index contributed by atoms with van der Waals surface area (Å²) < 4.78 is 26.1. The van der Waals surface area contributed by atoms with Gasteiger partial charge < -0.3 is 10.4 Å². The van der Waals surface area contributed by atoms with Crippen molar-refractivity contribution >= 4 is 56.2 Å². The van der Waals surface area contributed by atoms with Gasteiger partial charge in [-0.1, -0.05) is 35.9 Å². The van der Waals surface area contributed by atoms with Crippen molar-refractivity contribution in [1.29, 1.82) is 0 Å². The van der Waals surface area contributed by atoms with Gasteiger partial charge in [0.15, 0.2) is 5.13 Å². The van der Waals surface area contributed by atoms with Crippen LogP contribution >= 0.6 is 35.3 Å². The smallest absolute Gasteiger partial charge is 0.257 e. The van der Waals surface area contributed by atoms with Gasteiger partial charge in [-0.2, -0.15) is 0 Å². The van der Waals surface area contributed by atoms with Gasteiger partial charge in [-0.15, -0.1) is 23.7 Å². The maximum atomic E-state index is 13.1. The molecule has 200 valence electrons. The van der Waals surface area contributed by atoms with Gasteiger partial charge in [-0.3, -0.25) is 10.1 Å². The van der Waals surface area contributed by atoms with Gasteiger partial charge in [0.25, 0.3) is 5.91 Å². The van der Waals surface area contributed by atoms with Crippen LogP contribution in [0.25, 0.3) is 0 Å². The van der Waals surface area contributed by atoms with E-state index < -0.39 is 15.9 Å². The minimum atomic E-state index is -3.73. The van der Waals surface area contributed by atoms with E-state index in [1.165, 1.54) is 35.6 Å². The molecule has 3 aromatic carbocycles. The number of hydrogen-bond acceptors (Lipinski definition) is 7. The van der Waals surface area contributed by atoms with E-state index in [4.69, 9.17) is 11.6 Å². The summed E-state index contributed by atoms with van der Waals surface area (Å²) in [7, 11) is -3.73. The molecule has 0 bridgehead atoms. The number of benzene rings is 3. The van der Waals surface area contributed by atoms with Crippen molar-refractivity contribution in [2.24, 2.45) is 0 Å². The minimum Gasteiger partial charge on any atom is -0.387 e. The summed E-state index contributed by atoms with van der Waals surface area (Å²) in [5, 5.41) is 17.3. The van der Waals surface area contributed by atoms with Gasteiger partial charge in [0.05, 0.1) is 15.9 Å². The minimum absolute atomic E-state index is 0. The highest BCUT2D eigenvalue weighted by Crippen LogP contribution is 2.23. The van der Waals surface area contributed by atoms with Crippen molar-refractivity contribution < 1.29 is 18.3 Å². The Balaban J connectivity index is 0.00000400. The maximum Gasteiger partial charge on any atom is 0.257 e. The van der Waals surface area contributed by atoms with E-state index in [9.17, 15) is 18.3 Å². The lowest BCUT2D eigenvalue weighted by atomic mass is 10.1. The van der Waals surface area contributed by atoms with E-state index in [1.54, 1.807) is 48.7 Å². The highest BCUT2D eigenvalue weighted by molar-refractivity contribution is 7.91. The Labute approximate surface area is 237 Å². The number of carbonyl (C=O) groups excluding carboxylic acids is 1. The number of aliphatic hydroxyl groups is 1. The maximum absolute atomic E-state index is 13.1. The van der Waals surface area contributed by atoms with Crippen LogP contribution in [-0.4, -0.2) is 37.5 Å². The number of nitrogens with zero attached hydrogens (tertiary/aromatic N) is 1. The Morgan fingerprint density at radius 1 is 1.05 bits per heavy atom. The van der Waals surface area contributed by atoms with Gasteiger partial charge in [0.1, 0.15) is 0 Å². The number of nitrogens with one attached hydrogen (secondary N) is 2. The largest absolute Gasteiger partial charge is 0.387 e. The number of sulfone groups is 1. The topological polar surface area (TPSA) is 108 Å². The number of anilines is 1. The van der Waals surface area contributed by atoms with Gasteiger partial charge in [0.2, 0.25) is 9.84 Å². The quantitative estimate of drug-likeness (QED) is 0.211. The van der Waals surface area contributed by atoms with Crippen LogP contribution in [0.15, 0.2) is 88.8 Å². The lowest BCUT2D eigenvalue weighted by Gasteiger charge is -2.13. The van der Waals surface area contributed by atoms with Crippen molar-refractivity contribution in [3.05, 3.63) is 106 Å². The standard InChI is InChI=1S/C27H26ClN3O4S2.ClH/c1-18-16-30-27(36-18)31-26(33)20-7-11-24(12-8-20)37(34,35)23-9-5-19(6-10-23)13-14-29-17-25(32)21-3-2-4-22(28)15-21;/h2-12,15-16,25,29,32H,13-14,17H2,1H3,(H,30,31,33);1H/t25-;/m0./s1. The molecule has 0 aliphatic rings. The molecule has 1 aromatic heterocycles. The Kier molecular flexibility index (Phi) is 10.4. The zero-order chi connectivity index (χ0) is 26.4. The lowest BCUT2D eigenvalue weighted by Crippen LogP contribution is -2.23. The molecule has 0 aliphatic carbocycles. The van der Waals surface area contributed by atoms with Gasteiger partial charge in [0, 0.05) is 28.2 Å². The molecule has 4 rings (SSSR count). The van der Waals surface area contributed by atoms with Crippen molar-refractivity contribution in [2.45, 2.75) is 29.2 Å². The Morgan fingerprint density at radius 3 is 2.32 bits per heavy atom. The summed E-state index contributed by atoms with van der Waals surface area (Å²) in [4.78, 5) is 17.8. The molecular formula is C27H27Cl2N3O4S2. The second kappa shape index (κ2) is 13.3. The summed E-state index contributed by atoms with van der Waals surface area (Å²) in [5.41, 5.74) is 2.06. The molecular weight excluding hydrogens is 565 g/mol. The van der Waals surface area contributed by atoms with Crippen molar-refractivity contribution in [2.75, 3.05) is 18.4 Å². The Morgan fingerprint density at radius 2 is 1.71 bits per heavy atom. The predicted octanol–water partition coefficient (Wildman–Crippen LogP) is 5.48. The van der Waals surface area contributed by atoms with Gasteiger partial charge in [-0.25, -0.2) is 13.4 Å². The molecule has 0 fully saturated rings. The first-order chi connectivity index (χ1) is 17.7. The van der Waals surface area contributed by atoms with E-state index in [1.807, 2.05) is 13.0 Å². The van der Waals surface area contributed by atoms with Crippen LogP contribution in [0.1, 0.15) is 32.5 Å². The van der Waals surface area contributed by atoms with Crippen LogP contribution in [0.2, 0.25) is 5.02 Å². The predicted molar refractivity (Wildman–Crippen MR) is 153 cm³/mol. The molecule has 3 N–H and O–H groups in total. The number of aryl methyl sites for hydroxylation is 1. The fourth-order valence-corrected chi connectivity index (χ4v) is 5.76. The van der Waals surface area contributed by atoms with Crippen LogP contribution in [0.5, 0.6) is 0 Å². The highest BCUT2D eigenvalue weighted by Gasteiger charge is 2.18. The molecule has 0 saturated heterocycles. The highest BCUT2D eigenvalue weighted by atomic mass is 35.5. The lowest BCUT2D eigenvalue weighted by molar-refractivity contribution is 0.102. The first kappa shape index (κ1) is 29.8. The van der Waals surface area contributed by atoms with Crippen molar-refractivity contribution in [1.82, 2.24) is 10.3 Å². The molecule has 0 saturated carbocycles. The Bertz CT molecular complexity index is 1470. The van der Waals surface area contributed by atoms with Crippen LogP contribution in [0, 0.1) is 6.92 Å². The molecule has 1 heterocycles. The molecule has 38 heavy (non-hydrogen) atoms. The molecule has 1 atom stereocenters. The van der Waals surface area contributed by atoms with Gasteiger partial charge in [-0.05, 0) is 79.5 Å². The molecule has 11 heteroatoms. The van der Waals surface area contributed by atoms with E-state index in [0.29, 0.717) is 35.2 Å². The van der Waals surface area contributed by atoms with E-state index >= 15 is 0 Å². The third kappa shape index (κ3) is 7.63. The molecule has 0 spiro atoms. The number of amides is 1. The van der Waals surface area contributed by atoms with Crippen LogP contribution in [0.3, 0.4) is 0 Å².